The number of amides is 1. The molecular formula is C19H25ClF3N3O. The Morgan fingerprint density at radius 2 is 2.00 bits per heavy atom. The Kier molecular flexibility index (Phi) is 5.16. The van der Waals surface area contributed by atoms with E-state index in [9.17, 15) is 18.0 Å². The lowest BCUT2D eigenvalue weighted by Gasteiger charge is -2.20. The molecule has 3 atom stereocenters. The van der Waals surface area contributed by atoms with Gasteiger partial charge in [0.15, 0.2) is 5.69 Å². The van der Waals surface area contributed by atoms with Crippen molar-refractivity contribution in [1.29, 1.82) is 0 Å². The molecule has 1 heterocycles. The van der Waals surface area contributed by atoms with E-state index >= 15 is 0 Å². The predicted octanol–water partition coefficient (Wildman–Crippen LogP) is 4.77. The second-order valence-electron chi connectivity index (χ2n) is 8.39. The summed E-state index contributed by atoms with van der Waals surface area (Å²) in [5.74, 6) is 2.19. The fourth-order valence-corrected chi connectivity index (χ4v) is 5.34. The standard InChI is InChI=1S/C19H25ClF3N3O/c20-16-17(12-4-5-12)26(25-18(16)19(21,22)23)7-1-6-24-15(27)10-14-9-11-2-3-13(14)8-11/h11-14H,1-10H2,(H,24,27). The molecule has 3 aliphatic carbocycles. The van der Waals surface area contributed by atoms with Crippen molar-refractivity contribution < 1.29 is 18.0 Å². The number of alkyl halides is 3. The van der Waals surface area contributed by atoms with E-state index in [1.54, 1.807) is 0 Å². The third-order valence-electron chi connectivity index (χ3n) is 6.37. The van der Waals surface area contributed by atoms with Gasteiger partial charge >= 0.3 is 6.18 Å². The lowest BCUT2D eigenvalue weighted by atomic mass is 9.86. The number of nitrogens with zero attached hydrogens (tertiary/aromatic N) is 2. The maximum absolute atomic E-state index is 13.1. The number of carbonyl (C=O) groups excluding carboxylic acids is 1. The summed E-state index contributed by atoms with van der Waals surface area (Å²) >= 11 is 5.97. The molecule has 0 radical (unpaired) electrons. The number of rotatable bonds is 7. The SMILES string of the molecule is O=C(CC1CC2CCC1C2)NCCCn1nc(C(F)(F)F)c(Cl)c1C1CC1. The first-order chi connectivity index (χ1) is 12.8. The average Bonchev–Trinajstić information content (AvgIpc) is 3.05. The number of hydrogen-bond acceptors (Lipinski definition) is 2. The molecule has 8 heteroatoms. The maximum atomic E-state index is 13.1. The molecule has 3 fully saturated rings. The summed E-state index contributed by atoms with van der Waals surface area (Å²) < 4.78 is 40.6. The van der Waals surface area contributed by atoms with Crippen LogP contribution in [-0.2, 0) is 17.5 Å². The van der Waals surface area contributed by atoms with Gasteiger partial charge in [-0.3, -0.25) is 9.48 Å². The van der Waals surface area contributed by atoms with Crippen LogP contribution in [0.25, 0.3) is 0 Å². The van der Waals surface area contributed by atoms with Gasteiger partial charge in [-0.1, -0.05) is 18.0 Å². The number of aromatic nitrogens is 2. The Hall–Kier alpha value is -1.24. The van der Waals surface area contributed by atoms with Gasteiger partial charge in [-0.05, 0) is 56.3 Å². The lowest BCUT2D eigenvalue weighted by molar-refractivity contribution is -0.141. The number of halogens is 4. The van der Waals surface area contributed by atoms with Crippen LogP contribution in [0.3, 0.4) is 0 Å². The first-order valence-electron chi connectivity index (χ1n) is 9.93. The molecule has 1 aromatic heterocycles. The predicted molar refractivity (Wildman–Crippen MR) is 95.4 cm³/mol. The van der Waals surface area contributed by atoms with Crippen LogP contribution >= 0.6 is 11.6 Å². The molecule has 0 spiro atoms. The molecule has 4 nitrogen and oxygen atoms in total. The molecule has 0 aromatic carbocycles. The van der Waals surface area contributed by atoms with Gasteiger partial charge in [0.1, 0.15) is 0 Å². The van der Waals surface area contributed by atoms with E-state index in [4.69, 9.17) is 11.6 Å². The second kappa shape index (κ2) is 7.30. The second-order valence-corrected chi connectivity index (χ2v) is 8.76. The highest BCUT2D eigenvalue weighted by atomic mass is 35.5. The van der Waals surface area contributed by atoms with Crippen molar-refractivity contribution >= 4 is 17.5 Å². The fraction of sp³-hybridized carbons (Fsp3) is 0.789. The third kappa shape index (κ3) is 4.13. The van der Waals surface area contributed by atoms with E-state index in [1.165, 1.54) is 30.4 Å². The Bertz CT molecular complexity index is 714. The van der Waals surface area contributed by atoms with E-state index in [1.807, 2.05) is 0 Å². The Morgan fingerprint density at radius 1 is 1.22 bits per heavy atom. The molecular weight excluding hydrogens is 379 g/mol. The van der Waals surface area contributed by atoms with Gasteiger partial charge in [0, 0.05) is 25.4 Å². The molecule has 150 valence electrons. The van der Waals surface area contributed by atoms with Crippen LogP contribution < -0.4 is 5.32 Å². The van der Waals surface area contributed by atoms with Gasteiger partial charge in [0.05, 0.1) is 10.7 Å². The van der Waals surface area contributed by atoms with Crippen LogP contribution in [0.5, 0.6) is 0 Å². The van der Waals surface area contributed by atoms with Crippen molar-refractivity contribution in [2.45, 2.75) is 70.0 Å². The summed E-state index contributed by atoms with van der Waals surface area (Å²) in [5, 5.41) is 6.38. The van der Waals surface area contributed by atoms with E-state index in [0.29, 0.717) is 43.5 Å². The molecule has 2 bridgehead atoms. The van der Waals surface area contributed by atoms with Crippen LogP contribution in [0.2, 0.25) is 5.02 Å². The van der Waals surface area contributed by atoms with Gasteiger partial charge in [-0.15, -0.1) is 0 Å². The van der Waals surface area contributed by atoms with Crippen molar-refractivity contribution in [1.82, 2.24) is 15.1 Å². The minimum absolute atomic E-state index is 0.0597. The highest BCUT2D eigenvalue weighted by Crippen LogP contribution is 2.49. The zero-order valence-electron chi connectivity index (χ0n) is 15.2. The summed E-state index contributed by atoms with van der Waals surface area (Å²) in [6, 6.07) is 0. The summed E-state index contributed by atoms with van der Waals surface area (Å²) in [4.78, 5) is 12.2. The number of fused-ring (bicyclic) bond motifs is 2. The van der Waals surface area contributed by atoms with E-state index in [-0.39, 0.29) is 16.8 Å². The topological polar surface area (TPSA) is 46.9 Å². The van der Waals surface area contributed by atoms with Gasteiger partial charge in [0.2, 0.25) is 5.91 Å². The van der Waals surface area contributed by atoms with Gasteiger partial charge in [-0.2, -0.15) is 18.3 Å². The average molecular weight is 404 g/mol. The van der Waals surface area contributed by atoms with Gasteiger partial charge in [0.25, 0.3) is 0 Å². The number of aryl methyl sites for hydroxylation is 1. The normalized spacial score (nSPS) is 27.3. The third-order valence-corrected chi connectivity index (χ3v) is 6.74. The minimum Gasteiger partial charge on any atom is -0.356 e. The summed E-state index contributed by atoms with van der Waals surface area (Å²) in [6.45, 7) is 0.776. The number of hydrogen-bond donors (Lipinski definition) is 1. The molecule has 1 N–H and O–H groups in total. The van der Waals surface area contributed by atoms with Crippen LogP contribution in [0.1, 0.15) is 68.7 Å². The minimum atomic E-state index is -4.54. The number of carbonyl (C=O) groups is 1. The Balaban J connectivity index is 1.27. The van der Waals surface area contributed by atoms with E-state index in [0.717, 1.165) is 18.8 Å². The first-order valence-corrected chi connectivity index (χ1v) is 10.3. The zero-order chi connectivity index (χ0) is 19.2. The van der Waals surface area contributed by atoms with E-state index < -0.39 is 11.9 Å². The summed E-state index contributed by atoms with van der Waals surface area (Å²) in [5.41, 5.74) is -0.497. The lowest BCUT2D eigenvalue weighted by Crippen LogP contribution is -2.28. The largest absolute Gasteiger partial charge is 0.436 e. The summed E-state index contributed by atoms with van der Waals surface area (Å²) in [7, 11) is 0. The molecule has 3 unspecified atom stereocenters. The number of nitrogens with one attached hydrogen (secondary N) is 1. The highest BCUT2D eigenvalue weighted by Gasteiger charge is 2.42. The smallest absolute Gasteiger partial charge is 0.356 e. The molecule has 3 aliphatic rings. The monoisotopic (exact) mass is 403 g/mol. The summed E-state index contributed by atoms with van der Waals surface area (Å²) in [6.07, 6.45) is 3.32. The van der Waals surface area contributed by atoms with Gasteiger partial charge in [-0.25, -0.2) is 0 Å². The molecule has 1 aromatic rings. The van der Waals surface area contributed by atoms with Crippen molar-refractivity contribution in [2.75, 3.05) is 6.54 Å². The maximum Gasteiger partial charge on any atom is 0.436 e. The highest BCUT2D eigenvalue weighted by molar-refractivity contribution is 6.32. The van der Waals surface area contributed by atoms with Gasteiger partial charge < -0.3 is 5.32 Å². The van der Waals surface area contributed by atoms with Crippen LogP contribution in [0.4, 0.5) is 13.2 Å². The first kappa shape index (κ1) is 19.1. The van der Waals surface area contributed by atoms with Crippen molar-refractivity contribution in [2.24, 2.45) is 17.8 Å². The molecule has 0 aliphatic heterocycles. The molecule has 0 saturated heterocycles. The molecule has 4 rings (SSSR count). The van der Waals surface area contributed by atoms with Crippen LogP contribution in [-0.4, -0.2) is 22.2 Å². The van der Waals surface area contributed by atoms with Crippen molar-refractivity contribution in [3.8, 4) is 0 Å². The van der Waals surface area contributed by atoms with Crippen molar-refractivity contribution in [3.63, 3.8) is 0 Å². The van der Waals surface area contributed by atoms with E-state index in [2.05, 4.69) is 10.4 Å². The molecule has 27 heavy (non-hydrogen) atoms. The zero-order valence-corrected chi connectivity index (χ0v) is 16.0. The molecule has 1 amide bonds. The van der Waals surface area contributed by atoms with Crippen LogP contribution in [0, 0.1) is 17.8 Å². The van der Waals surface area contributed by atoms with Crippen LogP contribution in [0.15, 0.2) is 0 Å². The quantitative estimate of drug-likeness (QED) is 0.667. The fourth-order valence-electron chi connectivity index (χ4n) is 4.94. The Labute approximate surface area is 161 Å². The Morgan fingerprint density at radius 3 is 2.59 bits per heavy atom. The van der Waals surface area contributed by atoms with Crippen molar-refractivity contribution in [3.05, 3.63) is 16.4 Å². The molecule has 3 saturated carbocycles.